The number of rotatable bonds is 7. The Morgan fingerprint density at radius 1 is 1.07 bits per heavy atom. The molecule has 3 rings (SSSR count). The molecule has 0 unspecified atom stereocenters. The Bertz CT molecular complexity index is 921. The maximum absolute atomic E-state index is 12.0. The lowest BCUT2D eigenvalue weighted by Gasteiger charge is -2.12. The number of methoxy groups -OCH3 is 3. The van der Waals surface area contributed by atoms with Crippen LogP contribution in [0.2, 0.25) is 0 Å². The van der Waals surface area contributed by atoms with Gasteiger partial charge in [0.05, 0.1) is 31.5 Å². The van der Waals surface area contributed by atoms with Crippen LogP contribution in [0.15, 0.2) is 42.5 Å². The number of para-hydroxylation sites is 1. The molecule has 0 fully saturated rings. The van der Waals surface area contributed by atoms with Crippen molar-refractivity contribution < 1.29 is 23.7 Å². The zero-order valence-corrected chi connectivity index (χ0v) is 16.0. The van der Waals surface area contributed by atoms with Crippen LogP contribution in [-0.2, 0) is 16.1 Å². The summed E-state index contributed by atoms with van der Waals surface area (Å²) in [5, 5.41) is 0.755. The highest BCUT2D eigenvalue weighted by molar-refractivity contribution is 7.18. The second kappa shape index (κ2) is 8.55. The van der Waals surface area contributed by atoms with E-state index in [0.717, 1.165) is 20.8 Å². The van der Waals surface area contributed by atoms with Crippen LogP contribution in [-0.4, -0.2) is 32.3 Å². The summed E-state index contributed by atoms with van der Waals surface area (Å²) in [6, 6.07) is 11.3. The average molecular weight is 385 g/mol. The van der Waals surface area contributed by atoms with Crippen molar-refractivity contribution in [1.82, 2.24) is 4.98 Å². The van der Waals surface area contributed by atoms with Crippen LogP contribution in [0.1, 0.15) is 10.6 Å². The van der Waals surface area contributed by atoms with Crippen molar-refractivity contribution in [3.63, 3.8) is 0 Å². The largest absolute Gasteiger partial charge is 0.493 e. The fourth-order valence-corrected chi connectivity index (χ4v) is 3.41. The topological polar surface area (TPSA) is 66.9 Å². The molecule has 0 aliphatic rings. The molecule has 0 spiro atoms. The standard InChI is InChI=1S/C20H19NO5S/c1-23-15-10-13(11-16(24-2)20(15)25-3)8-9-19(22)26-12-18-21-14-6-4-5-7-17(14)27-18/h4-11H,12H2,1-3H3. The Balaban J connectivity index is 1.67. The van der Waals surface area contributed by atoms with Crippen LogP contribution >= 0.6 is 11.3 Å². The molecule has 0 saturated heterocycles. The Kier molecular flexibility index (Phi) is 5.93. The molecule has 6 nitrogen and oxygen atoms in total. The molecule has 0 amide bonds. The number of thiazole rings is 1. The molecule has 3 aromatic rings. The van der Waals surface area contributed by atoms with E-state index in [0.29, 0.717) is 17.2 Å². The summed E-state index contributed by atoms with van der Waals surface area (Å²) in [5.74, 6) is 1.07. The summed E-state index contributed by atoms with van der Waals surface area (Å²) in [5.41, 5.74) is 1.63. The first-order valence-corrected chi connectivity index (χ1v) is 8.95. The normalized spacial score (nSPS) is 10.9. The number of aromatic nitrogens is 1. The van der Waals surface area contributed by atoms with E-state index in [1.807, 2.05) is 24.3 Å². The summed E-state index contributed by atoms with van der Waals surface area (Å²) in [6.07, 6.45) is 2.99. The van der Waals surface area contributed by atoms with Gasteiger partial charge in [-0.15, -0.1) is 11.3 Å². The summed E-state index contributed by atoms with van der Waals surface area (Å²) in [4.78, 5) is 16.5. The smallest absolute Gasteiger partial charge is 0.331 e. The summed E-state index contributed by atoms with van der Waals surface area (Å²) in [6.45, 7) is 0.137. The minimum Gasteiger partial charge on any atom is -0.493 e. The zero-order valence-electron chi connectivity index (χ0n) is 15.2. The third-order valence-corrected chi connectivity index (χ3v) is 4.78. The van der Waals surface area contributed by atoms with E-state index in [2.05, 4.69) is 4.98 Å². The van der Waals surface area contributed by atoms with Gasteiger partial charge < -0.3 is 18.9 Å². The highest BCUT2D eigenvalue weighted by atomic mass is 32.1. The first-order valence-electron chi connectivity index (χ1n) is 8.14. The third kappa shape index (κ3) is 4.38. The number of benzene rings is 2. The van der Waals surface area contributed by atoms with Crippen molar-refractivity contribution in [2.45, 2.75) is 6.61 Å². The minimum atomic E-state index is -0.456. The van der Waals surface area contributed by atoms with Crippen LogP contribution in [0.4, 0.5) is 0 Å². The molecule has 0 saturated carbocycles. The maximum atomic E-state index is 12.0. The van der Waals surface area contributed by atoms with Crippen molar-refractivity contribution in [2.24, 2.45) is 0 Å². The molecular weight excluding hydrogens is 366 g/mol. The highest BCUT2D eigenvalue weighted by Gasteiger charge is 2.12. The number of carbonyl (C=O) groups excluding carboxylic acids is 1. The van der Waals surface area contributed by atoms with Crippen molar-refractivity contribution in [1.29, 1.82) is 0 Å². The van der Waals surface area contributed by atoms with E-state index in [1.165, 1.54) is 38.7 Å². The van der Waals surface area contributed by atoms with Gasteiger partial charge >= 0.3 is 5.97 Å². The first-order chi connectivity index (χ1) is 13.1. The lowest BCUT2D eigenvalue weighted by molar-refractivity contribution is -0.138. The van der Waals surface area contributed by atoms with Crippen LogP contribution in [0, 0.1) is 0 Å². The lowest BCUT2D eigenvalue weighted by atomic mass is 10.1. The van der Waals surface area contributed by atoms with Gasteiger partial charge in [0.15, 0.2) is 11.5 Å². The van der Waals surface area contributed by atoms with E-state index in [4.69, 9.17) is 18.9 Å². The van der Waals surface area contributed by atoms with Gasteiger partial charge in [-0.05, 0) is 35.9 Å². The van der Waals surface area contributed by atoms with E-state index in [-0.39, 0.29) is 6.61 Å². The first kappa shape index (κ1) is 18.7. The number of ether oxygens (including phenoxy) is 4. The van der Waals surface area contributed by atoms with Gasteiger partial charge in [0, 0.05) is 6.08 Å². The summed E-state index contributed by atoms with van der Waals surface area (Å²) in [7, 11) is 4.61. The molecule has 7 heteroatoms. The minimum absolute atomic E-state index is 0.137. The predicted octanol–water partition coefficient (Wildman–Crippen LogP) is 4.08. The second-order valence-electron chi connectivity index (χ2n) is 5.48. The van der Waals surface area contributed by atoms with Crippen molar-refractivity contribution in [3.05, 3.63) is 53.0 Å². The molecule has 27 heavy (non-hydrogen) atoms. The Morgan fingerprint density at radius 2 is 1.78 bits per heavy atom. The molecule has 1 heterocycles. The predicted molar refractivity (Wildman–Crippen MR) is 105 cm³/mol. The van der Waals surface area contributed by atoms with Gasteiger partial charge in [0.1, 0.15) is 11.6 Å². The van der Waals surface area contributed by atoms with E-state index in [1.54, 1.807) is 18.2 Å². The van der Waals surface area contributed by atoms with Gasteiger partial charge in [0.25, 0.3) is 0 Å². The van der Waals surface area contributed by atoms with Crippen LogP contribution < -0.4 is 14.2 Å². The van der Waals surface area contributed by atoms with Gasteiger partial charge in [0.2, 0.25) is 5.75 Å². The van der Waals surface area contributed by atoms with Gasteiger partial charge in [-0.2, -0.15) is 0 Å². The van der Waals surface area contributed by atoms with Crippen LogP contribution in [0.3, 0.4) is 0 Å². The lowest BCUT2D eigenvalue weighted by Crippen LogP contribution is -2.00. The van der Waals surface area contributed by atoms with Gasteiger partial charge in [-0.25, -0.2) is 9.78 Å². The second-order valence-corrected chi connectivity index (χ2v) is 6.59. The fourth-order valence-electron chi connectivity index (χ4n) is 2.52. The fraction of sp³-hybridized carbons (Fsp3) is 0.200. The van der Waals surface area contributed by atoms with E-state index in [9.17, 15) is 4.79 Å². The number of hydrogen-bond donors (Lipinski definition) is 0. The molecule has 0 N–H and O–H groups in total. The van der Waals surface area contributed by atoms with Gasteiger partial charge in [-0.3, -0.25) is 0 Å². The average Bonchev–Trinajstić information content (AvgIpc) is 3.12. The molecule has 140 valence electrons. The molecule has 0 bridgehead atoms. The SMILES string of the molecule is COc1cc(C=CC(=O)OCc2nc3ccccc3s2)cc(OC)c1OC. The molecule has 1 aromatic heterocycles. The molecule has 0 aliphatic carbocycles. The summed E-state index contributed by atoms with van der Waals surface area (Å²) >= 11 is 1.51. The van der Waals surface area contributed by atoms with Gasteiger partial charge in [-0.1, -0.05) is 12.1 Å². The Labute approximate surface area is 161 Å². The van der Waals surface area contributed by atoms with E-state index >= 15 is 0 Å². The van der Waals surface area contributed by atoms with Crippen molar-refractivity contribution >= 4 is 33.6 Å². The van der Waals surface area contributed by atoms with Crippen LogP contribution in [0.25, 0.3) is 16.3 Å². The molecule has 0 radical (unpaired) electrons. The number of carbonyl (C=O) groups is 1. The zero-order chi connectivity index (χ0) is 19.2. The monoisotopic (exact) mass is 385 g/mol. The maximum Gasteiger partial charge on any atom is 0.331 e. The highest BCUT2D eigenvalue weighted by Crippen LogP contribution is 2.38. The van der Waals surface area contributed by atoms with Crippen molar-refractivity contribution in [2.75, 3.05) is 21.3 Å². The summed E-state index contributed by atoms with van der Waals surface area (Å²) < 4.78 is 22.2. The number of esters is 1. The molecule has 0 aliphatic heterocycles. The quantitative estimate of drug-likeness (QED) is 0.451. The molecule has 0 atom stereocenters. The molecular formula is C20H19NO5S. The van der Waals surface area contributed by atoms with E-state index < -0.39 is 5.97 Å². The number of nitrogens with zero attached hydrogens (tertiary/aromatic N) is 1. The third-order valence-electron chi connectivity index (χ3n) is 3.78. The Hall–Kier alpha value is -3.06. The number of hydrogen-bond acceptors (Lipinski definition) is 7. The van der Waals surface area contributed by atoms with Crippen LogP contribution in [0.5, 0.6) is 17.2 Å². The Morgan fingerprint density at radius 3 is 2.41 bits per heavy atom. The van der Waals surface area contributed by atoms with Crippen molar-refractivity contribution in [3.8, 4) is 17.2 Å². The molecule has 2 aromatic carbocycles. The number of fused-ring (bicyclic) bond motifs is 1.